The Morgan fingerprint density at radius 3 is 2.80 bits per heavy atom. The lowest BCUT2D eigenvalue weighted by molar-refractivity contribution is -0.126. The van der Waals surface area contributed by atoms with E-state index < -0.39 is 0 Å². The molecule has 0 amide bonds. The molecule has 2 unspecified atom stereocenters. The molecule has 20 heavy (non-hydrogen) atoms. The number of carbonyl (C=O) groups excluding carboxylic acids is 1. The highest BCUT2D eigenvalue weighted by atomic mass is 35.5. The molecule has 3 rings (SSSR count). The first-order valence-corrected chi connectivity index (χ1v) is 8.13. The van der Waals surface area contributed by atoms with Crippen molar-refractivity contribution in [2.24, 2.45) is 5.92 Å². The molecule has 3 heteroatoms. The van der Waals surface area contributed by atoms with Crippen LogP contribution in [0.15, 0.2) is 24.3 Å². The molecular formula is C17H22ClNO. The van der Waals surface area contributed by atoms with Crippen LogP contribution in [0.4, 0.5) is 0 Å². The van der Waals surface area contributed by atoms with E-state index in [2.05, 4.69) is 11.0 Å². The first-order chi connectivity index (χ1) is 9.75. The lowest BCUT2D eigenvalue weighted by Crippen LogP contribution is -2.40. The number of hydrogen-bond acceptors (Lipinski definition) is 2. The largest absolute Gasteiger partial charge is 0.299 e. The summed E-state index contributed by atoms with van der Waals surface area (Å²) in [7, 11) is 0. The molecule has 108 valence electrons. The summed E-state index contributed by atoms with van der Waals surface area (Å²) in [6.45, 7) is 1.98. The molecule has 1 heterocycles. The van der Waals surface area contributed by atoms with Gasteiger partial charge in [-0.05, 0) is 43.9 Å². The second-order valence-corrected chi connectivity index (χ2v) is 6.50. The Morgan fingerprint density at radius 1 is 1.15 bits per heavy atom. The van der Waals surface area contributed by atoms with Crippen LogP contribution in [0.3, 0.4) is 0 Å². The first-order valence-electron chi connectivity index (χ1n) is 7.76. The van der Waals surface area contributed by atoms with Crippen molar-refractivity contribution in [2.45, 2.75) is 51.1 Å². The summed E-state index contributed by atoms with van der Waals surface area (Å²) in [4.78, 5) is 14.7. The number of Topliss-reactive ketones (excluding diaryl/α,β-unsaturated/α-hetero) is 1. The maximum atomic E-state index is 12.2. The van der Waals surface area contributed by atoms with Crippen LogP contribution in [0.2, 0.25) is 5.02 Å². The van der Waals surface area contributed by atoms with Crippen LogP contribution < -0.4 is 0 Å². The number of carbonyl (C=O) groups is 1. The van der Waals surface area contributed by atoms with Crippen LogP contribution in [-0.2, 0) is 11.3 Å². The Bertz CT molecular complexity index is 488. The van der Waals surface area contributed by atoms with Crippen molar-refractivity contribution >= 4 is 17.4 Å². The Balaban J connectivity index is 1.72. The minimum atomic E-state index is 0.272. The third-order valence-electron chi connectivity index (χ3n) is 4.81. The molecule has 1 aromatic rings. The average Bonchev–Trinajstić information content (AvgIpc) is 2.90. The molecule has 1 aliphatic carbocycles. The van der Waals surface area contributed by atoms with E-state index in [0.717, 1.165) is 37.4 Å². The predicted octanol–water partition coefficient (Wildman–Crippen LogP) is 4.06. The highest BCUT2D eigenvalue weighted by molar-refractivity contribution is 6.31. The molecular weight excluding hydrogens is 270 g/mol. The van der Waals surface area contributed by atoms with Crippen LogP contribution in [0.1, 0.15) is 44.1 Å². The van der Waals surface area contributed by atoms with Gasteiger partial charge in [-0.2, -0.15) is 0 Å². The van der Waals surface area contributed by atoms with Crippen LogP contribution in [0, 0.1) is 5.92 Å². The predicted molar refractivity (Wildman–Crippen MR) is 81.8 cm³/mol. The summed E-state index contributed by atoms with van der Waals surface area (Å²) in [5, 5.41) is 0.841. The fraction of sp³-hybridized carbons (Fsp3) is 0.588. The molecule has 0 radical (unpaired) electrons. The van der Waals surface area contributed by atoms with Crippen molar-refractivity contribution in [1.82, 2.24) is 4.90 Å². The molecule has 1 aromatic carbocycles. The number of halogens is 1. The van der Waals surface area contributed by atoms with Gasteiger partial charge in [0, 0.05) is 29.9 Å². The lowest BCUT2D eigenvalue weighted by atomic mass is 9.82. The number of ketones is 1. The highest BCUT2D eigenvalue weighted by Gasteiger charge is 2.36. The second kappa shape index (κ2) is 6.28. The van der Waals surface area contributed by atoms with E-state index in [1.165, 1.54) is 24.8 Å². The molecule has 1 aliphatic heterocycles. The van der Waals surface area contributed by atoms with E-state index >= 15 is 0 Å². The molecule has 2 atom stereocenters. The van der Waals surface area contributed by atoms with Gasteiger partial charge in [0.15, 0.2) is 0 Å². The maximum Gasteiger partial charge on any atom is 0.137 e. The minimum absolute atomic E-state index is 0.272. The quantitative estimate of drug-likeness (QED) is 0.837. The van der Waals surface area contributed by atoms with Crippen LogP contribution >= 0.6 is 11.6 Å². The maximum absolute atomic E-state index is 12.2. The lowest BCUT2D eigenvalue weighted by Gasteiger charge is -2.33. The molecule has 0 aromatic heterocycles. The summed E-state index contributed by atoms with van der Waals surface area (Å²) < 4.78 is 0. The molecule has 2 nitrogen and oxygen atoms in total. The van der Waals surface area contributed by atoms with Crippen molar-refractivity contribution in [2.75, 3.05) is 6.54 Å². The van der Waals surface area contributed by atoms with E-state index in [1.807, 2.05) is 18.2 Å². The minimum Gasteiger partial charge on any atom is -0.299 e. The highest BCUT2D eigenvalue weighted by Crippen LogP contribution is 2.33. The molecule has 2 aliphatic rings. The molecule has 1 saturated heterocycles. The average molecular weight is 292 g/mol. The molecule has 1 saturated carbocycles. The summed E-state index contributed by atoms with van der Waals surface area (Å²) in [6, 6.07) is 8.50. The van der Waals surface area contributed by atoms with E-state index in [-0.39, 0.29) is 5.92 Å². The zero-order chi connectivity index (χ0) is 13.9. The fourth-order valence-corrected chi connectivity index (χ4v) is 3.96. The molecule has 2 fully saturated rings. The van der Waals surface area contributed by atoms with Gasteiger partial charge in [-0.3, -0.25) is 9.69 Å². The van der Waals surface area contributed by atoms with E-state index in [4.69, 9.17) is 11.6 Å². The van der Waals surface area contributed by atoms with E-state index in [1.54, 1.807) is 0 Å². The van der Waals surface area contributed by atoms with E-state index in [0.29, 0.717) is 11.8 Å². The van der Waals surface area contributed by atoms with Crippen LogP contribution in [-0.4, -0.2) is 23.3 Å². The molecule has 0 bridgehead atoms. The monoisotopic (exact) mass is 291 g/mol. The van der Waals surface area contributed by atoms with Gasteiger partial charge in [0.25, 0.3) is 0 Å². The normalized spacial score (nSPS) is 27.9. The van der Waals surface area contributed by atoms with Gasteiger partial charge < -0.3 is 0 Å². The SMILES string of the molecule is O=C1CCCCC1C1CCCN1Cc1ccccc1Cl. The summed E-state index contributed by atoms with van der Waals surface area (Å²) in [6.07, 6.45) is 6.56. The third-order valence-corrected chi connectivity index (χ3v) is 5.18. The number of hydrogen-bond donors (Lipinski definition) is 0. The standard InChI is InChI=1S/C17H22ClNO/c18-15-8-3-1-6-13(15)12-19-11-5-9-16(19)14-7-2-4-10-17(14)20/h1,3,6,8,14,16H,2,4-5,7,9-12H2. The first kappa shape index (κ1) is 14.1. The Kier molecular flexibility index (Phi) is 4.42. The number of nitrogens with zero attached hydrogens (tertiary/aromatic N) is 1. The van der Waals surface area contributed by atoms with Crippen molar-refractivity contribution in [3.63, 3.8) is 0 Å². The van der Waals surface area contributed by atoms with Crippen molar-refractivity contribution in [3.8, 4) is 0 Å². The summed E-state index contributed by atoms with van der Waals surface area (Å²) in [5.74, 6) is 0.765. The van der Waals surface area contributed by atoms with Crippen molar-refractivity contribution < 1.29 is 4.79 Å². The molecule has 0 spiro atoms. The zero-order valence-corrected chi connectivity index (χ0v) is 12.6. The van der Waals surface area contributed by atoms with Crippen LogP contribution in [0.5, 0.6) is 0 Å². The third kappa shape index (κ3) is 2.91. The van der Waals surface area contributed by atoms with E-state index in [9.17, 15) is 4.79 Å². The van der Waals surface area contributed by atoms with Crippen LogP contribution in [0.25, 0.3) is 0 Å². The van der Waals surface area contributed by atoms with Crippen molar-refractivity contribution in [1.29, 1.82) is 0 Å². The zero-order valence-electron chi connectivity index (χ0n) is 11.9. The Labute approximate surface area is 126 Å². The van der Waals surface area contributed by atoms with Gasteiger partial charge in [0.1, 0.15) is 5.78 Å². The smallest absolute Gasteiger partial charge is 0.137 e. The van der Waals surface area contributed by atoms with Gasteiger partial charge in [0.05, 0.1) is 0 Å². The van der Waals surface area contributed by atoms with Gasteiger partial charge in [-0.15, -0.1) is 0 Å². The fourth-order valence-electron chi connectivity index (χ4n) is 3.77. The number of benzene rings is 1. The molecule has 0 N–H and O–H groups in total. The Morgan fingerprint density at radius 2 is 2.00 bits per heavy atom. The Hall–Kier alpha value is -0.860. The van der Waals surface area contributed by atoms with Crippen molar-refractivity contribution in [3.05, 3.63) is 34.9 Å². The topological polar surface area (TPSA) is 20.3 Å². The van der Waals surface area contributed by atoms with Gasteiger partial charge >= 0.3 is 0 Å². The summed E-state index contributed by atoms with van der Waals surface area (Å²) in [5.41, 5.74) is 1.18. The van der Waals surface area contributed by atoms with Gasteiger partial charge in [-0.25, -0.2) is 0 Å². The second-order valence-electron chi connectivity index (χ2n) is 6.09. The van der Waals surface area contributed by atoms with Gasteiger partial charge in [-0.1, -0.05) is 36.2 Å². The number of likely N-dealkylation sites (tertiary alicyclic amines) is 1. The van der Waals surface area contributed by atoms with Gasteiger partial charge in [0.2, 0.25) is 0 Å². The number of rotatable bonds is 3. The summed E-state index contributed by atoms with van der Waals surface area (Å²) >= 11 is 6.27.